The Morgan fingerprint density at radius 1 is 1.64 bits per heavy atom. The van der Waals surface area contributed by atoms with E-state index in [0.29, 0.717) is 0 Å². The molecule has 0 fully saturated rings. The van der Waals surface area contributed by atoms with E-state index in [1.165, 1.54) is 0 Å². The van der Waals surface area contributed by atoms with Crippen LogP contribution in [0.4, 0.5) is 5.69 Å². The Morgan fingerprint density at radius 3 is 2.82 bits per heavy atom. The molecule has 0 aliphatic rings. The lowest BCUT2D eigenvalue weighted by molar-refractivity contribution is 1.26. The molecule has 11 heavy (non-hydrogen) atoms. The largest absolute Gasteiger partial charge is 0.386 e. The summed E-state index contributed by atoms with van der Waals surface area (Å²) in [5.41, 5.74) is 2.95. The first-order valence-corrected chi connectivity index (χ1v) is 3.54. The molecule has 0 aliphatic heterocycles. The number of nitrogens with zero attached hydrogens (tertiary/aromatic N) is 1. The van der Waals surface area contributed by atoms with Gasteiger partial charge < -0.3 is 5.32 Å². The van der Waals surface area contributed by atoms with Gasteiger partial charge in [-0.1, -0.05) is 6.58 Å². The second-order valence-electron chi connectivity index (χ2n) is 2.43. The van der Waals surface area contributed by atoms with E-state index in [1.807, 2.05) is 26.1 Å². The van der Waals surface area contributed by atoms with Gasteiger partial charge in [0.05, 0.1) is 11.4 Å². The molecule has 2 heteroatoms. The van der Waals surface area contributed by atoms with Gasteiger partial charge in [-0.2, -0.15) is 0 Å². The maximum absolute atomic E-state index is 4.19. The lowest BCUT2D eigenvalue weighted by Gasteiger charge is -2.05. The van der Waals surface area contributed by atoms with E-state index in [9.17, 15) is 0 Å². The number of aromatic nitrogens is 1. The zero-order chi connectivity index (χ0) is 8.27. The molecule has 0 aliphatic carbocycles. The summed E-state index contributed by atoms with van der Waals surface area (Å²) in [5.74, 6) is 0. The normalized spacial score (nSPS) is 9.27. The summed E-state index contributed by atoms with van der Waals surface area (Å²) in [6, 6.07) is 3.88. The van der Waals surface area contributed by atoms with Gasteiger partial charge in [0.1, 0.15) is 0 Å². The summed E-state index contributed by atoms with van der Waals surface area (Å²) in [6.45, 7) is 5.78. The van der Waals surface area contributed by atoms with Crippen LogP contribution in [0.15, 0.2) is 24.9 Å². The van der Waals surface area contributed by atoms with Crippen LogP contribution in [0.25, 0.3) is 5.57 Å². The number of hydrogen-bond donors (Lipinski definition) is 1. The van der Waals surface area contributed by atoms with Gasteiger partial charge in [-0.15, -0.1) is 0 Å². The Bertz CT molecular complexity index is 266. The average molecular weight is 148 g/mol. The van der Waals surface area contributed by atoms with Crippen molar-refractivity contribution in [2.45, 2.75) is 6.92 Å². The van der Waals surface area contributed by atoms with Gasteiger partial charge in [0.15, 0.2) is 0 Å². The first kappa shape index (κ1) is 7.79. The molecule has 1 rings (SSSR count). The van der Waals surface area contributed by atoms with Crippen LogP contribution < -0.4 is 5.32 Å². The summed E-state index contributed by atoms with van der Waals surface area (Å²) in [7, 11) is 1.88. The molecule has 0 spiro atoms. The van der Waals surface area contributed by atoms with Crippen molar-refractivity contribution in [1.29, 1.82) is 0 Å². The fourth-order valence-electron chi connectivity index (χ4n) is 0.947. The van der Waals surface area contributed by atoms with Crippen LogP contribution in [0.5, 0.6) is 0 Å². The lowest BCUT2D eigenvalue weighted by atomic mass is 10.2. The van der Waals surface area contributed by atoms with E-state index in [1.54, 1.807) is 6.20 Å². The minimum Gasteiger partial charge on any atom is -0.386 e. The summed E-state index contributed by atoms with van der Waals surface area (Å²) in [6.07, 6.45) is 1.77. The SMILES string of the molecule is C=C(C)c1ncccc1NC. The Hall–Kier alpha value is -1.31. The molecule has 2 nitrogen and oxygen atoms in total. The van der Waals surface area contributed by atoms with E-state index >= 15 is 0 Å². The second kappa shape index (κ2) is 3.19. The van der Waals surface area contributed by atoms with Gasteiger partial charge in [0.25, 0.3) is 0 Å². The van der Waals surface area contributed by atoms with Crippen molar-refractivity contribution in [3.8, 4) is 0 Å². The third-order valence-corrected chi connectivity index (χ3v) is 1.48. The second-order valence-corrected chi connectivity index (χ2v) is 2.43. The first-order chi connectivity index (χ1) is 5.25. The van der Waals surface area contributed by atoms with E-state index in [4.69, 9.17) is 0 Å². The minimum atomic E-state index is 0.940. The number of anilines is 1. The Kier molecular flexibility index (Phi) is 2.26. The molecule has 0 amide bonds. The molecule has 0 bridgehead atoms. The zero-order valence-electron chi connectivity index (χ0n) is 6.89. The third kappa shape index (κ3) is 1.58. The molecule has 0 atom stereocenters. The molecule has 0 radical (unpaired) electrons. The Morgan fingerprint density at radius 2 is 2.36 bits per heavy atom. The van der Waals surface area contributed by atoms with Gasteiger partial charge in [0.2, 0.25) is 0 Å². The topological polar surface area (TPSA) is 24.9 Å². The van der Waals surface area contributed by atoms with Crippen LogP contribution in [-0.4, -0.2) is 12.0 Å². The fourth-order valence-corrected chi connectivity index (χ4v) is 0.947. The Labute approximate surface area is 67.0 Å². The summed E-state index contributed by atoms with van der Waals surface area (Å²) in [4.78, 5) is 4.19. The predicted molar refractivity (Wildman–Crippen MR) is 48.5 cm³/mol. The van der Waals surface area contributed by atoms with Gasteiger partial charge in [-0.3, -0.25) is 4.98 Å². The highest BCUT2D eigenvalue weighted by molar-refractivity contribution is 5.70. The van der Waals surface area contributed by atoms with Crippen LogP contribution >= 0.6 is 0 Å². The van der Waals surface area contributed by atoms with Crippen molar-refractivity contribution in [2.75, 3.05) is 12.4 Å². The number of allylic oxidation sites excluding steroid dienone is 1. The van der Waals surface area contributed by atoms with Crippen LogP contribution in [-0.2, 0) is 0 Å². The molecule has 0 saturated heterocycles. The maximum atomic E-state index is 4.19. The quantitative estimate of drug-likeness (QED) is 0.695. The first-order valence-electron chi connectivity index (χ1n) is 3.54. The minimum absolute atomic E-state index is 0.940. The molecular weight excluding hydrogens is 136 g/mol. The summed E-state index contributed by atoms with van der Waals surface area (Å²) < 4.78 is 0. The average Bonchev–Trinajstić information content (AvgIpc) is 2.04. The van der Waals surface area contributed by atoms with E-state index < -0.39 is 0 Å². The molecule has 0 saturated carbocycles. The van der Waals surface area contributed by atoms with Crippen LogP contribution in [0.3, 0.4) is 0 Å². The molecule has 1 aromatic heterocycles. The van der Waals surface area contributed by atoms with Gasteiger partial charge in [0, 0.05) is 13.2 Å². The number of rotatable bonds is 2. The smallest absolute Gasteiger partial charge is 0.0884 e. The summed E-state index contributed by atoms with van der Waals surface area (Å²) >= 11 is 0. The van der Waals surface area contributed by atoms with Crippen molar-refractivity contribution >= 4 is 11.3 Å². The molecule has 58 valence electrons. The molecule has 1 heterocycles. The van der Waals surface area contributed by atoms with Crippen molar-refractivity contribution in [1.82, 2.24) is 4.98 Å². The Balaban J connectivity index is 3.12. The molecule has 0 aromatic carbocycles. The summed E-state index contributed by atoms with van der Waals surface area (Å²) in [5, 5.41) is 3.05. The lowest BCUT2D eigenvalue weighted by Crippen LogP contribution is -1.95. The van der Waals surface area contributed by atoms with Crippen molar-refractivity contribution in [3.05, 3.63) is 30.6 Å². The predicted octanol–water partition coefficient (Wildman–Crippen LogP) is 2.16. The van der Waals surface area contributed by atoms with Crippen molar-refractivity contribution in [3.63, 3.8) is 0 Å². The van der Waals surface area contributed by atoms with Crippen LogP contribution in [0, 0.1) is 0 Å². The van der Waals surface area contributed by atoms with Crippen LogP contribution in [0.1, 0.15) is 12.6 Å². The van der Waals surface area contributed by atoms with Gasteiger partial charge in [-0.05, 0) is 24.6 Å². The van der Waals surface area contributed by atoms with E-state index in [2.05, 4.69) is 16.9 Å². The van der Waals surface area contributed by atoms with E-state index in [0.717, 1.165) is 17.0 Å². The number of hydrogen-bond acceptors (Lipinski definition) is 2. The molecular formula is C9H12N2. The highest BCUT2D eigenvalue weighted by Gasteiger charge is 1.99. The maximum Gasteiger partial charge on any atom is 0.0884 e. The van der Waals surface area contributed by atoms with Gasteiger partial charge >= 0.3 is 0 Å². The van der Waals surface area contributed by atoms with E-state index in [-0.39, 0.29) is 0 Å². The van der Waals surface area contributed by atoms with Crippen molar-refractivity contribution in [2.24, 2.45) is 0 Å². The molecule has 1 aromatic rings. The molecule has 1 N–H and O–H groups in total. The third-order valence-electron chi connectivity index (χ3n) is 1.48. The molecule has 0 unspecified atom stereocenters. The van der Waals surface area contributed by atoms with Crippen molar-refractivity contribution < 1.29 is 0 Å². The standard InChI is InChI=1S/C9H12N2/c1-7(2)9-8(10-3)5-4-6-11-9/h4-6,10H,1H2,2-3H3. The highest BCUT2D eigenvalue weighted by Crippen LogP contribution is 2.17. The highest BCUT2D eigenvalue weighted by atomic mass is 14.9. The number of pyridine rings is 1. The van der Waals surface area contributed by atoms with Gasteiger partial charge in [-0.25, -0.2) is 0 Å². The monoisotopic (exact) mass is 148 g/mol. The fraction of sp³-hybridized carbons (Fsp3) is 0.222. The zero-order valence-corrected chi connectivity index (χ0v) is 6.89. The number of nitrogens with one attached hydrogen (secondary N) is 1. The van der Waals surface area contributed by atoms with Crippen LogP contribution in [0.2, 0.25) is 0 Å².